The number of non-ortho nitro benzene ring substituents is 1. The summed E-state index contributed by atoms with van der Waals surface area (Å²) in [5, 5.41) is 24.8. The normalized spacial score (nSPS) is 9.81. The van der Waals surface area contributed by atoms with Gasteiger partial charge in [0, 0.05) is 6.07 Å². The Hall–Kier alpha value is -2.15. The van der Waals surface area contributed by atoms with Gasteiger partial charge in [-0.1, -0.05) is 0 Å². The molecule has 1 amide bonds. The summed E-state index contributed by atoms with van der Waals surface area (Å²) >= 11 is 0. The summed E-state index contributed by atoms with van der Waals surface area (Å²) in [5.41, 5.74) is -0.0880. The highest BCUT2D eigenvalue weighted by molar-refractivity contribution is 5.93. The maximum atomic E-state index is 11.2. The first kappa shape index (κ1) is 11.9. The van der Waals surface area contributed by atoms with Crippen LogP contribution in [0.25, 0.3) is 0 Å². The first-order chi connectivity index (χ1) is 7.54. The van der Waals surface area contributed by atoms with Crippen molar-refractivity contribution >= 4 is 17.3 Å². The minimum atomic E-state index is -0.626. The number of nitrogens with one attached hydrogen (secondary N) is 2. The Labute approximate surface area is 91.2 Å². The number of phenolic OH excluding ortho intramolecular Hbond substituents is 1. The minimum Gasteiger partial charge on any atom is -0.506 e. The third-order valence-corrected chi connectivity index (χ3v) is 1.80. The van der Waals surface area contributed by atoms with Gasteiger partial charge in [-0.25, -0.2) is 0 Å². The van der Waals surface area contributed by atoms with Crippen LogP contribution in [0.15, 0.2) is 18.2 Å². The van der Waals surface area contributed by atoms with Crippen LogP contribution in [0.2, 0.25) is 0 Å². The second kappa shape index (κ2) is 5.08. The molecule has 0 saturated carbocycles. The largest absolute Gasteiger partial charge is 0.506 e. The third kappa shape index (κ3) is 2.92. The Bertz CT molecular complexity index is 419. The van der Waals surface area contributed by atoms with Gasteiger partial charge >= 0.3 is 0 Å². The van der Waals surface area contributed by atoms with Crippen LogP contribution in [-0.2, 0) is 4.79 Å². The van der Waals surface area contributed by atoms with Crippen molar-refractivity contribution in [2.75, 3.05) is 18.9 Å². The number of aromatic hydroxyl groups is 1. The molecule has 3 N–H and O–H groups in total. The fourth-order valence-electron chi connectivity index (χ4n) is 1.09. The number of hydrogen-bond donors (Lipinski definition) is 3. The Morgan fingerprint density at radius 3 is 2.75 bits per heavy atom. The van der Waals surface area contributed by atoms with E-state index in [2.05, 4.69) is 10.6 Å². The number of nitro groups is 1. The number of nitrogens with zero attached hydrogens (tertiary/aromatic N) is 1. The monoisotopic (exact) mass is 225 g/mol. The van der Waals surface area contributed by atoms with E-state index in [0.29, 0.717) is 0 Å². The number of carbonyl (C=O) groups is 1. The molecular formula is C9H11N3O4. The Balaban J connectivity index is 2.83. The van der Waals surface area contributed by atoms with Crippen molar-refractivity contribution in [2.45, 2.75) is 0 Å². The van der Waals surface area contributed by atoms with Crippen molar-refractivity contribution in [2.24, 2.45) is 0 Å². The van der Waals surface area contributed by atoms with Crippen LogP contribution >= 0.6 is 0 Å². The summed E-state index contributed by atoms with van der Waals surface area (Å²) in [6.45, 7) is 0.0937. The zero-order chi connectivity index (χ0) is 12.1. The Morgan fingerprint density at radius 1 is 1.56 bits per heavy atom. The molecule has 7 nitrogen and oxygen atoms in total. The van der Waals surface area contributed by atoms with Crippen molar-refractivity contribution in [3.8, 4) is 5.75 Å². The zero-order valence-corrected chi connectivity index (χ0v) is 8.56. The van der Waals surface area contributed by atoms with Crippen LogP contribution in [-0.4, -0.2) is 29.5 Å². The summed E-state index contributed by atoms with van der Waals surface area (Å²) in [7, 11) is 1.61. The van der Waals surface area contributed by atoms with Gasteiger partial charge in [-0.2, -0.15) is 0 Å². The van der Waals surface area contributed by atoms with Gasteiger partial charge in [0.05, 0.1) is 23.2 Å². The molecule has 0 radical (unpaired) electrons. The standard InChI is InChI=1S/C9H11N3O4/c1-10-5-9(14)11-7-3-2-6(12(15)16)4-8(7)13/h2-4,10,13H,5H2,1H3,(H,11,14). The van der Waals surface area contributed by atoms with Crippen LogP contribution in [0.1, 0.15) is 0 Å². The fourth-order valence-corrected chi connectivity index (χ4v) is 1.09. The molecule has 1 aromatic rings. The van der Waals surface area contributed by atoms with E-state index in [1.807, 2.05) is 0 Å². The number of hydrogen-bond acceptors (Lipinski definition) is 5. The molecule has 7 heteroatoms. The van der Waals surface area contributed by atoms with E-state index in [9.17, 15) is 20.0 Å². The van der Waals surface area contributed by atoms with Gasteiger partial charge in [-0.05, 0) is 13.1 Å². The van der Waals surface area contributed by atoms with Gasteiger partial charge in [0.15, 0.2) is 0 Å². The van der Waals surface area contributed by atoms with Crippen LogP contribution < -0.4 is 10.6 Å². The van der Waals surface area contributed by atoms with Crippen molar-refractivity contribution in [3.05, 3.63) is 28.3 Å². The SMILES string of the molecule is CNCC(=O)Nc1ccc([N+](=O)[O-])cc1O. The molecule has 1 aromatic carbocycles. The highest BCUT2D eigenvalue weighted by atomic mass is 16.6. The summed E-state index contributed by atoms with van der Waals surface area (Å²) in [4.78, 5) is 20.9. The van der Waals surface area contributed by atoms with Crippen LogP contribution in [0.3, 0.4) is 0 Å². The lowest BCUT2D eigenvalue weighted by atomic mass is 10.2. The number of phenols is 1. The number of amides is 1. The molecule has 0 aliphatic heterocycles. The smallest absolute Gasteiger partial charge is 0.273 e. The van der Waals surface area contributed by atoms with E-state index in [0.717, 1.165) is 6.07 Å². The molecule has 0 heterocycles. The molecule has 0 bridgehead atoms. The fraction of sp³-hybridized carbons (Fsp3) is 0.222. The van der Waals surface area contributed by atoms with E-state index in [-0.39, 0.29) is 29.6 Å². The zero-order valence-electron chi connectivity index (χ0n) is 8.56. The molecule has 1 rings (SSSR count). The highest BCUT2D eigenvalue weighted by Gasteiger charge is 2.11. The number of benzene rings is 1. The van der Waals surface area contributed by atoms with Gasteiger partial charge < -0.3 is 15.7 Å². The lowest BCUT2D eigenvalue weighted by molar-refractivity contribution is -0.384. The summed E-state index contributed by atoms with van der Waals surface area (Å²) in [5.74, 6) is -0.676. The lowest BCUT2D eigenvalue weighted by Gasteiger charge is -2.06. The average Bonchev–Trinajstić information content (AvgIpc) is 2.21. The minimum absolute atomic E-state index is 0.0937. The number of anilines is 1. The maximum Gasteiger partial charge on any atom is 0.273 e. The van der Waals surface area contributed by atoms with Gasteiger partial charge in [-0.15, -0.1) is 0 Å². The molecule has 0 atom stereocenters. The van der Waals surface area contributed by atoms with E-state index in [1.165, 1.54) is 12.1 Å². The number of nitro benzene ring substituents is 1. The summed E-state index contributed by atoms with van der Waals surface area (Å²) < 4.78 is 0. The first-order valence-electron chi connectivity index (χ1n) is 4.46. The van der Waals surface area contributed by atoms with Crippen molar-refractivity contribution < 1.29 is 14.8 Å². The predicted octanol–water partition coefficient (Wildman–Crippen LogP) is 0.458. The molecule has 0 aliphatic rings. The van der Waals surface area contributed by atoms with E-state index >= 15 is 0 Å². The van der Waals surface area contributed by atoms with Gasteiger partial charge in [0.25, 0.3) is 5.69 Å². The molecule has 0 aromatic heterocycles. The van der Waals surface area contributed by atoms with Crippen LogP contribution in [0.4, 0.5) is 11.4 Å². The third-order valence-electron chi connectivity index (χ3n) is 1.80. The van der Waals surface area contributed by atoms with Gasteiger partial charge in [0.2, 0.25) is 5.91 Å². The second-order valence-corrected chi connectivity index (χ2v) is 3.04. The molecule has 0 spiro atoms. The lowest BCUT2D eigenvalue weighted by Crippen LogP contribution is -2.25. The van der Waals surface area contributed by atoms with Gasteiger partial charge in [-0.3, -0.25) is 14.9 Å². The summed E-state index contributed by atoms with van der Waals surface area (Å²) in [6, 6.07) is 3.46. The summed E-state index contributed by atoms with van der Waals surface area (Å²) in [6.07, 6.45) is 0. The van der Waals surface area contributed by atoms with E-state index in [1.54, 1.807) is 7.05 Å². The maximum absolute atomic E-state index is 11.2. The van der Waals surface area contributed by atoms with Crippen LogP contribution in [0.5, 0.6) is 5.75 Å². The molecule has 0 fully saturated rings. The number of carbonyl (C=O) groups excluding carboxylic acids is 1. The Morgan fingerprint density at radius 2 is 2.25 bits per heavy atom. The molecule has 16 heavy (non-hydrogen) atoms. The van der Waals surface area contributed by atoms with Crippen LogP contribution in [0, 0.1) is 10.1 Å². The highest BCUT2D eigenvalue weighted by Crippen LogP contribution is 2.27. The van der Waals surface area contributed by atoms with Crippen molar-refractivity contribution in [3.63, 3.8) is 0 Å². The van der Waals surface area contributed by atoms with Crippen molar-refractivity contribution in [1.29, 1.82) is 0 Å². The number of rotatable bonds is 4. The number of likely N-dealkylation sites (N-methyl/N-ethyl adjacent to an activating group) is 1. The quantitative estimate of drug-likeness (QED) is 0.392. The topological polar surface area (TPSA) is 104 Å². The molecular weight excluding hydrogens is 214 g/mol. The average molecular weight is 225 g/mol. The van der Waals surface area contributed by atoms with E-state index in [4.69, 9.17) is 0 Å². The van der Waals surface area contributed by atoms with Crippen molar-refractivity contribution in [1.82, 2.24) is 5.32 Å². The molecule has 0 aliphatic carbocycles. The molecule has 0 unspecified atom stereocenters. The predicted molar refractivity (Wildman–Crippen MR) is 57.3 cm³/mol. The molecule has 86 valence electrons. The van der Waals surface area contributed by atoms with Gasteiger partial charge in [0.1, 0.15) is 5.75 Å². The second-order valence-electron chi connectivity index (χ2n) is 3.04. The first-order valence-corrected chi connectivity index (χ1v) is 4.46. The molecule has 0 saturated heterocycles. The Kier molecular flexibility index (Phi) is 3.78. The van der Waals surface area contributed by atoms with E-state index < -0.39 is 4.92 Å².